The van der Waals surface area contributed by atoms with E-state index in [2.05, 4.69) is 27.9 Å². The molecule has 40 heavy (non-hydrogen) atoms. The number of anilines is 1. The molecule has 0 radical (unpaired) electrons. The molecule has 2 aliphatic rings. The van der Waals surface area contributed by atoms with E-state index in [0.717, 1.165) is 51.8 Å². The molecule has 0 bridgehead atoms. The second kappa shape index (κ2) is 17.1. The summed E-state index contributed by atoms with van der Waals surface area (Å²) >= 11 is 0. The minimum absolute atomic E-state index is 0.0370. The molecule has 1 aromatic heterocycles. The Balaban J connectivity index is 0.000000484. The predicted octanol–water partition coefficient (Wildman–Crippen LogP) is 3.70. The molecule has 10 nitrogen and oxygen atoms in total. The van der Waals surface area contributed by atoms with Gasteiger partial charge in [-0.1, -0.05) is 12.1 Å². The van der Waals surface area contributed by atoms with Crippen LogP contribution < -0.4 is 9.64 Å². The zero-order chi connectivity index (χ0) is 29.5. The number of benzene rings is 1. The summed E-state index contributed by atoms with van der Waals surface area (Å²) in [6, 6.07) is 10.6. The molecule has 0 aliphatic carbocycles. The Hall–Kier alpha value is -2.83. The lowest BCUT2D eigenvalue weighted by Crippen LogP contribution is -2.48. The number of Topliss-reactive ketones (excluding diaryl/α,β-unsaturated/α-hetero) is 1. The van der Waals surface area contributed by atoms with Gasteiger partial charge in [0.1, 0.15) is 11.6 Å². The standard InChI is InChI=1S/C21H26N4O4S.C6H14O2.C2H4/c1-29-18-6-4-7-19-21(18)17(26)16-25(30(19,27)28)11-5-10-23-12-14-24(15-13-23)20-8-2-3-9-22-20;1-4-7-6(3)8-5-2;1-2/h2-4,6-9H,5,10-16H2,1H3;6H,4-5H2,1-3H3;1-2H2. The third-order valence-corrected chi connectivity index (χ3v) is 8.34. The van der Waals surface area contributed by atoms with Crippen molar-refractivity contribution in [2.75, 3.05) is 71.0 Å². The molecule has 0 N–H and O–H groups in total. The monoisotopic (exact) mass is 576 g/mol. The Bertz CT molecular complexity index is 1130. The van der Waals surface area contributed by atoms with E-state index in [4.69, 9.17) is 14.2 Å². The minimum Gasteiger partial charge on any atom is -0.496 e. The third-order valence-electron chi connectivity index (χ3n) is 6.45. The molecule has 3 heterocycles. The first-order valence-electron chi connectivity index (χ1n) is 13.6. The molecule has 0 saturated carbocycles. The number of hydrogen-bond donors (Lipinski definition) is 0. The zero-order valence-corrected chi connectivity index (χ0v) is 25.1. The summed E-state index contributed by atoms with van der Waals surface area (Å²) in [6.07, 6.45) is 2.44. The molecule has 4 rings (SSSR count). The zero-order valence-electron chi connectivity index (χ0n) is 24.3. The molecule has 0 unspecified atom stereocenters. The van der Waals surface area contributed by atoms with Crippen LogP contribution in [0.1, 0.15) is 37.6 Å². The number of nitrogens with zero attached hydrogens (tertiary/aromatic N) is 4. The highest BCUT2D eigenvalue weighted by molar-refractivity contribution is 7.89. The molecule has 0 spiro atoms. The lowest BCUT2D eigenvalue weighted by atomic mass is 10.1. The summed E-state index contributed by atoms with van der Waals surface area (Å²) in [5, 5.41) is 0. The summed E-state index contributed by atoms with van der Waals surface area (Å²) in [4.78, 5) is 21.6. The fraction of sp³-hybridized carbons (Fsp3) is 0.517. The summed E-state index contributed by atoms with van der Waals surface area (Å²) in [5.74, 6) is 1.08. The van der Waals surface area contributed by atoms with Gasteiger partial charge in [-0.05, 0) is 58.0 Å². The van der Waals surface area contributed by atoms with Crippen molar-refractivity contribution in [2.45, 2.75) is 38.4 Å². The van der Waals surface area contributed by atoms with E-state index in [1.165, 1.54) is 17.5 Å². The van der Waals surface area contributed by atoms with Crippen LogP contribution in [0, 0.1) is 0 Å². The SMILES string of the molecule is C=C.CCOC(C)OCC.COc1cccc2c1C(=O)CN(CCCN1CCN(c3ccccn3)CC1)S2(=O)=O. The summed E-state index contributed by atoms with van der Waals surface area (Å²) < 4.78 is 42.6. The van der Waals surface area contributed by atoms with Crippen LogP contribution in [0.25, 0.3) is 0 Å². The van der Waals surface area contributed by atoms with E-state index in [9.17, 15) is 13.2 Å². The molecule has 2 aliphatic heterocycles. The highest BCUT2D eigenvalue weighted by Crippen LogP contribution is 2.32. The molecule has 1 saturated heterocycles. The van der Waals surface area contributed by atoms with Crippen molar-refractivity contribution in [3.05, 3.63) is 61.3 Å². The number of piperazine rings is 1. The van der Waals surface area contributed by atoms with E-state index in [0.29, 0.717) is 18.7 Å². The Labute approximate surface area is 239 Å². The average molecular weight is 577 g/mol. The lowest BCUT2D eigenvalue weighted by molar-refractivity contribution is -0.123. The van der Waals surface area contributed by atoms with Crippen molar-refractivity contribution in [1.82, 2.24) is 14.2 Å². The number of rotatable bonds is 10. The fourth-order valence-electron chi connectivity index (χ4n) is 4.56. The van der Waals surface area contributed by atoms with Crippen molar-refractivity contribution >= 4 is 21.6 Å². The first-order valence-corrected chi connectivity index (χ1v) is 15.1. The van der Waals surface area contributed by atoms with E-state index in [-0.39, 0.29) is 29.1 Å². The number of hydrogen-bond acceptors (Lipinski definition) is 9. The van der Waals surface area contributed by atoms with Gasteiger partial charge in [0.15, 0.2) is 12.1 Å². The van der Waals surface area contributed by atoms with Gasteiger partial charge < -0.3 is 19.1 Å². The number of carbonyl (C=O) groups excluding carboxylic acids is 1. The van der Waals surface area contributed by atoms with E-state index >= 15 is 0 Å². The van der Waals surface area contributed by atoms with Gasteiger partial charge in [0, 0.05) is 52.1 Å². The Morgan fingerprint density at radius 1 is 0.975 bits per heavy atom. The molecular weight excluding hydrogens is 532 g/mol. The summed E-state index contributed by atoms with van der Waals surface area (Å²) in [7, 11) is -2.26. The van der Waals surface area contributed by atoms with Crippen molar-refractivity contribution in [1.29, 1.82) is 0 Å². The van der Waals surface area contributed by atoms with Crippen molar-refractivity contribution in [3.8, 4) is 5.75 Å². The lowest BCUT2D eigenvalue weighted by Gasteiger charge is -2.35. The van der Waals surface area contributed by atoms with E-state index in [1.807, 2.05) is 39.0 Å². The number of ketones is 1. The summed E-state index contributed by atoms with van der Waals surface area (Å²) in [5.41, 5.74) is 0.168. The van der Waals surface area contributed by atoms with Gasteiger partial charge in [0.25, 0.3) is 0 Å². The van der Waals surface area contributed by atoms with Gasteiger partial charge in [0.05, 0.1) is 24.1 Å². The number of sulfonamides is 1. The van der Waals surface area contributed by atoms with Crippen LogP contribution in [-0.4, -0.2) is 101 Å². The molecule has 11 heteroatoms. The molecule has 0 atom stereocenters. The molecule has 0 amide bonds. The van der Waals surface area contributed by atoms with Gasteiger partial charge in [0.2, 0.25) is 10.0 Å². The van der Waals surface area contributed by atoms with Crippen LogP contribution in [0.5, 0.6) is 5.75 Å². The summed E-state index contributed by atoms with van der Waals surface area (Å²) in [6.45, 7) is 17.8. The average Bonchev–Trinajstić information content (AvgIpc) is 2.98. The van der Waals surface area contributed by atoms with Crippen LogP contribution in [0.4, 0.5) is 5.82 Å². The minimum atomic E-state index is -3.70. The van der Waals surface area contributed by atoms with Crippen molar-refractivity contribution in [2.24, 2.45) is 0 Å². The molecular formula is C29H44N4O6S. The topological polar surface area (TPSA) is 102 Å². The number of pyridine rings is 1. The predicted molar refractivity (Wildman–Crippen MR) is 158 cm³/mol. The van der Waals surface area contributed by atoms with Crippen LogP contribution >= 0.6 is 0 Å². The Morgan fingerprint density at radius 3 is 2.23 bits per heavy atom. The Morgan fingerprint density at radius 2 is 1.65 bits per heavy atom. The fourth-order valence-corrected chi connectivity index (χ4v) is 6.22. The van der Waals surface area contributed by atoms with Gasteiger partial charge in [-0.15, -0.1) is 13.2 Å². The van der Waals surface area contributed by atoms with Crippen LogP contribution in [0.15, 0.2) is 60.6 Å². The van der Waals surface area contributed by atoms with Crippen molar-refractivity contribution in [3.63, 3.8) is 0 Å². The molecule has 1 aromatic carbocycles. The molecule has 1 fully saturated rings. The van der Waals surface area contributed by atoms with Crippen LogP contribution in [0.3, 0.4) is 0 Å². The largest absolute Gasteiger partial charge is 0.496 e. The number of methoxy groups -OCH3 is 1. The number of carbonyl (C=O) groups is 1. The second-order valence-electron chi connectivity index (χ2n) is 8.94. The third kappa shape index (κ3) is 9.10. The quantitative estimate of drug-likeness (QED) is 0.310. The molecule has 2 aromatic rings. The van der Waals surface area contributed by atoms with Crippen LogP contribution in [-0.2, 0) is 19.5 Å². The van der Waals surface area contributed by atoms with E-state index < -0.39 is 10.0 Å². The van der Waals surface area contributed by atoms with Crippen LogP contribution in [0.2, 0.25) is 0 Å². The van der Waals surface area contributed by atoms with Gasteiger partial charge in [-0.2, -0.15) is 4.31 Å². The van der Waals surface area contributed by atoms with Gasteiger partial charge in [-0.3, -0.25) is 9.69 Å². The van der Waals surface area contributed by atoms with Crippen molar-refractivity contribution < 1.29 is 27.4 Å². The number of aromatic nitrogens is 1. The smallest absolute Gasteiger partial charge is 0.244 e. The molecule has 222 valence electrons. The maximum Gasteiger partial charge on any atom is 0.244 e. The highest BCUT2D eigenvalue weighted by Gasteiger charge is 2.37. The first kappa shape index (κ1) is 33.4. The normalized spacial score (nSPS) is 16.8. The van der Waals surface area contributed by atoms with E-state index in [1.54, 1.807) is 18.3 Å². The maximum atomic E-state index is 13.0. The number of fused-ring (bicyclic) bond motifs is 1. The Kier molecular flexibility index (Phi) is 14.3. The maximum absolute atomic E-state index is 13.0. The van der Waals surface area contributed by atoms with Gasteiger partial charge in [-0.25, -0.2) is 13.4 Å². The highest BCUT2D eigenvalue weighted by atomic mass is 32.2. The first-order chi connectivity index (χ1) is 19.3. The van der Waals surface area contributed by atoms with Gasteiger partial charge >= 0.3 is 0 Å². The number of ether oxygens (including phenoxy) is 3. The second-order valence-corrected chi connectivity index (χ2v) is 10.9.